The summed E-state index contributed by atoms with van der Waals surface area (Å²) in [5.74, 6) is 0.636. The lowest BCUT2D eigenvalue weighted by atomic mass is 10.2. The van der Waals surface area contributed by atoms with E-state index in [2.05, 4.69) is 10.4 Å². The fourth-order valence-corrected chi connectivity index (χ4v) is 3.78. The molecule has 3 N–H and O–H groups in total. The molecule has 0 radical (unpaired) electrons. The number of fused-ring (bicyclic) bond motifs is 1. The summed E-state index contributed by atoms with van der Waals surface area (Å²) in [5.41, 5.74) is 10.8. The van der Waals surface area contributed by atoms with Crippen LogP contribution in [0.25, 0.3) is 22.4 Å². The SMILES string of the molecule is Cc1ccccc1Nc1nc2nn(-c3ccccc3)c(N)c2c(=O)n1-c1ccccc1C. The van der Waals surface area contributed by atoms with Gasteiger partial charge in [0, 0.05) is 5.69 Å². The summed E-state index contributed by atoms with van der Waals surface area (Å²) in [6, 6.07) is 25.0. The Morgan fingerprint density at radius 2 is 1.50 bits per heavy atom. The first kappa shape index (κ1) is 19.6. The van der Waals surface area contributed by atoms with E-state index in [4.69, 9.17) is 10.7 Å². The predicted molar refractivity (Wildman–Crippen MR) is 128 cm³/mol. The molecule has 3 aromatic carbocycles. The monoisotopic (exact) mass is 422 g/mol. The van der Waals surface area contributed by atoms with Gasteiger partial charge in [-0.05, 0) is 49.2 Å². The van der Waals surface area contributed by atoms with Gasteiger partial charge in [0.05, 0.1) is 11.4 Å². The number of nitrogens with one attached hydrogen (secondary N) is 1. The molecule has 0 amide bonds. The first-order chi connectivity index (χ1) is 15.5. The first-order valence-corrected chi connectivity index (χ1v) is 10.3. The van der Waals surface area contributed by atoms with Gasteiger partial charge in [0.1, 0.15) is 11.2 Å². The van der Waals surface area contributed by atoms with Gasteiger partial charge >= 0.3 is 0 Å². The number of aryl methyl sites for hydroxylation is 2. The van der Waals surface area contributed by atoms with Gasteiger partial charge in [-0.2, -0.15) is 4.98 Å². The van der Waals surface area contributed by atoms with Crippen molar-refractivity contribution in [3.8, 4) is 11.4 Å². The van der Waals surface area contributed by atoms with Crippen LogP contribution >= 0.6 is 0 Å². The highest BCUT2D eigenvalue weighted by molar-refractivity contribution is 5.88. The number of hydrogen-bond donors (Lipinski definition) is 2. The largest absolute Gasteiger partial charge is 0.383 e. The number of nitrogen functional groups attached to an aromatic ring is 1. The Morgan fingerprint density at radius 1 is 0.844 bits per heavy atom. The Morgan fingerprint density at radius 3 is 2.22 bits per heavy atom. The molecule has 0 fully saturated rings. The number of nitrogens with two attached hydrogens (primary N) is 1. The fourth-order valence-electron chi connectivity index (χ4n) is 3.78. The molecule has 0 bridgehead atoms. The van der Waals surface area contributed by atoms with E-state index in [0.29, 0.717) is 5.95 Å². The molecule has 32 heavy (non-hydrogen) atoms. The van der Waals surface area contributed by atoms with Crippen molar-refractivity contribution in [1.29, 1.82) is 0 Å². The van der Waals surface area contributed by atoms with E-state index >= 15 is 0 Å². The van der Waals surface area contributed by atoms with Crippen molar-refractivity contribution < 1.29 is 0 Å². The number of hydrogen-bond acceptors (Lipinski definition) is 5. The molecule has 0 unspecified atom stereocenters. The summed E-state index contributed by atoms with van der Waals surface area (Å²) in [6.45, 7) is 3.96. The third-order valence-electron chi connectivity index (χ3n) is 5.49. The first-order valence-electron chi connectivity index (χ1n) is 10.3. The van der Waals surface area contributed by atoms with Crippen LogP contribution in [0.3, 0.4) is 0 Å². The smallest absolute Gasteiger partial charge is 0.272 e. The number of anilines is 3. The van der Waals surface area contributed by atoms with Crippen molar-refractivity contribution in [3.63, 3.8) is 0 Å². The molecule has 7 nitrogen and oxygen atoms in total. The number of rotatable bonds is 4. The molecule has 0 saturated carbocycles. The molecule has 0 atom stereocenters. The van der Waals surface area contributed by atoms with Gasteiger partial charge in [-0.1, -0.05) is 54.6 Å². The minimum Gasteiger partial charge on any atom is -0.383 e. The number of nitrogens with zero attached hydrogens (tertiary/aromatic N) is 4. The van der Waals surface area contributed by atoms with Gasteiger partial charge in [-0.25, -0.2) is 9.25 Å². The molecule has 0 spiro atoms. The van der Waals surface area contributed by atoms with Crippen LogP contribution in [0, 0.1) is 13.8 Å². The summed E-state index contributed by atoms with van der Waals surface area (Å²) in [6.07, 6.45) is 0. The van der Waals surface area contributed by atoms with Crippen molar-refractivity contribution in [2.75, 3.05) is 11.1 Å². The van der Waals surface area contributed by atoms with E-state index in [1.165, 1.54) is 0 Å². The van der Waals surface area contributed by atoms with Gasteiger partial charge in [-0.3, -0.25) is 4.79 Å². The zero-order chi connectivity index (χ0) is 22.2. The average Bonchev–Trinajstić information content (AvgIpc) is 3.13. The molecule has 2 heterocycles. The van der Waals surface area contributed by atoms with Gasteiger partial charge in [-0.15, -0.1) is 5.10 Å². The highest BCUT2D eigenvalue weighted by Gasteiger charge is 2.21. The van der Waals surface area contributed by atoms with Crippen molar-refractivity contribution >= 4 is 28.5 Å². The molecule has 0 aliphatic carbocycles. The van der Waals surface area contributed by atoms with Crippen molar-refractivity contribution in [1.82, 2.24) is 19.3 Å². The molecule has 2 aromatic heterocycles. The van der Waals surface area contributed by atoms with Gasteiger partial charge < -0.3 is 11.1 Å². The minimum absolute atomic E-state index is 0.258. The Hall–Kier alpha value is -4.39. The minimum atomic E-state index is -0.278. The summed E-state index contributed by atoms with van der Waals surface area (Å²) in [4.78, 5) is 18.5. The zero-order valence-corrected chi connectivity index (χ0v) is 17.8. The highest BCUT2D eigenvalue weighted by Crippen LogP contribution is 2.26. The number of benzene rings is 3. The van der Waals surface area contributed by atoms with Crippen LogP contribution in [0.15, 0.2) is 83.7 Å². The van der Waals surface area contributed by atoms with Crippen molar-refractivity contribution in [3.05, 3.63) is 100 Å². The molecular weight excluding hydrogens is 400 g/mol. The predicted octanol–water partition coefficient (Wildman–Crippen LogP) is 4.51. The van der Waals surface area contributed by atoms with Gasteiger partial charge in [0.25, 0.3) is 5.56 Å². The second-order valence-electron chi connectivity index (χ2n) is 7.63. The van der Waals surface area contributed by atoms with E-state index in [-0.39, 0.29) is 22.4 Å². The Bertz CT molecular complexity index is 1500. The highest BCUT2D eigenvalue weighted by atomic mass is 16.1. The number of para-hydroxylation sites is 3. The van der Waals surface area contributed by atoms with Gasteiger partial charge in [0.2, 0.25) is 5.95 Å². The summed E-state index contributed by atoms with van der Waals surface area (Å²) in [7, 11) is 0. The van der Waals surface area contributed by atoms with Crippen LogP contribution in [-0.2, 0) is 0 Å². The van der Waals surface area contributed by atoms with E-state index in [0.717, 1.165) is 28.2 Å². The topological polar surface area (TPSA) is 90.8 Å². The zero-order valence-electron chi connectivity index (χ0n) is 17.8. The second-order valence-corrected chi connectivity index (χ2v) is 7.63. The molecular formula is C25H22N6O. The normalized spacial score (nSPS) is 11.1. The maximum Gasteiger partial charge on any atom is 0.272 e. The standard InChI is InChI=1S/C25H22N6O/c1-16-10-6-8-14-19(16)27-25-28-23-21(22(26)31(29-23)18-12-4-3-5-13-18)24(32)30(25)20-15-9-7-11-17(20)2/h3-15H,26H2,1-2H3,(H,27,28,29). The van der Waals surface area contributed by atoms with E-state index in [1.54, 1.807) is 9.25 Å². The lowest BCUT2D eigenvalue weighted by molar-refractivity contribution is 0.897. The van der Waals surface area contributed by atoms with Crippen LogP contribution in [0.4, 0.5) is 17.5 Å². The third kappa shape index (κ3) is 3.20. The average molecular weight is 422 g/mol. The molecule has 5 rings (SSSR count). The Kier molecular flexibility index (Phi) is 4.71. The van der Waals surface area contributed by atoms with Crippen molar-refractivity contribution in [2.45, 2.75) is 13.8 Å². The maximum absolute atomic E-state index is 13.8. The van der Waals surface area contributed by atoms with E-state index in [1.807, 2.05) is 92.7 Å². The molecule has 158 valence electrons. The van der Waals surface area contributed by atoms with Crippen LogP contribution in [0.1, 0.15) is 11.1 Å². The molecule has 0 saturated heterocycles. The third-order valence-corrected chi connectivity index (χ3v) is 5.49. The van der Waals surface area contributed by atoms with Crippen LogP contribution in [0.2, 0.25) is 0 Å². The van der Waals surface area contributed by atoms with Crippen molar-refractivity contribution in [2.24, 2.45) is 0 Å². The number of aromatic nitrogens is 4. The summed E-state index contributed by atoms with van der Waals surface area (Å²) in [5, 5.41) is 8.17. The molecule has 0 aliphatic heterocycles. The summed E-state index contributed by atoms with van der Waals surface area (Å²) >= 11 is 0. The van der Waals surface area contributed by atoms with Crippen LogP contribution in [-0.4, -0.2) is 19.3 Å². The van der Waals surface area contributed by atoms with Crippen LogP contribution in [0.5, 0.6) is 0 Å². The lowest BCUT2D eigenvalue weighted by Crippen LogP contribution is -2.23. The quantitative estimate of drug-likeness (QED) is 0.445. The summed E-state index contributed by atoms with van der Waals surface area (Å²) < 4.78 is 3.12. The fraction of sp³-hybridized carbons (Fsp3) is 0.0800. The maximum atomic E-state index is 13.8. The van der Waals surface area contributed by atoms with Crippen LogP contribution < -0.4 is 16.6 Å². The molecule has 7 heteroatoms. The Balaban J connectivity index is 1.81. The van der Waals surface area contributed by atoms with E-state index < -0.39 is 0 Å². The van der Waals surface area contributed by atoms with Gasteiger partial charge in [0.15, 0.2) is 5.65 Å². The molecule has 0 aliphatic rings. The Labute approximate surface area is 184 Å². The van der Waals surface area contributed by atoms with E-state index in [9.17, 15) is 4.79 Å². The lowest BCUT2D eigenvalue weighted by Gasteiger charge is -2.16. The second kappa shape index (κ2) is 7.70. The molecule has 5 aromatic rings.